The summed E-state index contributed by atoms with van der Waals surface area (Å²) in [7, 11) is 0. The molecular formula is C17H22BrN3O2. The lowest BCUT2D eigenvalue weighted by atomic mass is 9.99. The molecule has 0 bridgehead atoms. The van der Waals surface area contributed by atoms with E-state index in [0.29, 0.717) is 13.0 Å². The van der Waals surface area contributed by atoms with Gasteiger partial charge in [0.25, 0.3) is 0 Å². The molecule has 0 aliphatic carbocycles. The number of phenolic OH excluding ortho intramolecular Hbond substituents is 1. The molecule has 0 unspecified atom stereocenters. The zero-order valence-corrected chi connectivity index (χ0v) is 15.4. The van der Waals surface area contributed by atoms with Crippen molar-refractivity contribution in [3.8, 4) is 5.75 Å². The van der Waals surface area contributed by atoms with Crippen molar-refractivity contribution in [1.29, 1.82) is 0 Å². The normalized spacial score (nSPS) is 11.0. The zero-order valence-electron chi connectivity index (χ0n) is 13.9. The average molecular weight is 380 g/mol. The molecule has 2 N–H and O–H groups in total. The number of rotatable bonds is 5. The Bertz CT molecular complexity index is 723. The quantitative estimate of drug-likeness (QED) is 0.767. The summed E-state index contributed by atoms with van der Waals surface area (Å²) in [6.45, 7) is 8.36. The zero-order chi connectivity index (χ0) is 17.1. The number of carbonyl (C=O) groups excluding carboxylic acids is 1. The SMILES string of the molecule is Cc1cc(O)c(C(C)C)cc1NC(=O)CCn1ncc(Br)c1C. The molecule has 1 aromatic heterocycles. The molecule has 0 spiro atoms. The highest BCUT2D eigenvalue weighted by Gasteiger charge is 2.12. The molecule has 23 heavy (non-hydrogen) atoms. The van der Waals surface area contributed by atoms with E-state index in [9.17, 15) is 9.90 Å². The van der Waals surface area contributed by atoms with E-state index in [4.69, 9.17) is 0 Å². The Kier molecular flexibility index (Phi) is 5.46. The first-order chi connectivity index (χ1) is 10.8. The summed E-state index contributed by atoms with van der Waals surface area (Å²) >= 11 is 3.41. The van der Waals surface area contributed by atoms with Crippen LogP contribution in [0.15, 0.2) is 22.8 Å². The van der Waals surface area contributed by atoms with Crippen molar-refractivity contribution in [1.82, 2.24) is 9.78 Å². The van der Waals surface area contributed by atoms with Crippen molar-refractivity contribution in [2.45, 2.75) is 46.6 Å². The number of amides is 1. The second kappa shape index (κ2) is 7.17. The smallest absolute Gasteiger partial charge is 0.226 e. The van der Waals surface area contributed by atoms with Crippen molar-refractivity contribution in [3.63, 3.8) is 0 Å². The van der Waals surface area contributed by atoms with Crippen LogP contribution in [0.25, 0.3) is 0 Å². The lowest BCUT2D eigenvalue weighted by Gasteiger charge is -2.14. The first-order valence-electron chi connectivity index (χ1n) is 7.61. The van der Waals surface area contributed by atoms with Gasteiger partial charge in [-0.05, 0) is 59.0 Å². The Balaban J connectivity index is 2.05. The molecule has 0 saturated heterocycles. The van der Waals surface area contributed by atoms with Crippen LogP contribution in [0.1, 0.15) is 43.0 Å². The number of aromatic nitrogens is 2. The van der Waals surface area contributed by atoms with Gasteiger partial charge in [-0.2, -0.15) is 5.10 Å². The van der Waals surface area contributed by atoms with Crippen molar-refractivity contribution >= 4 is 27.5 Å². The highest BCUT2D eigenvalue weighted by atomic mass is 79.9. The number of phenols is 1. The molecule has 2 aromatic rings. The summed E-state index contributed by atoms with van der Waals surface area (Å²) in [5, 5.41) is 17.1. The van der Waals surface area contributed by atoms with Gasteiger partial charge in [0.1, 0.15) is 5.75 Å². The minimum atomic E-state index is -0.0699. The maximum atomic E-state index is 12.2. The maximum absolute atomic E-state index is 12.2. The third kappa shape index (κ3) is 4.13. The van der Waals surface area contributed by atoms with Crippen LogP contribution >= 0.6 is 15.9 Å². The van der Waals surface area contributed by atoms with Gasteiger partial charge in [-0.15, -0.1) is 0 Å². The van der Waals surface area contributed by atoms with Crippen LogP contribution in [0.4, 0.5) is 5.69 Å². The number of benzene rings is 1. The van der Waals surface area contributed by atoms with Crippen LogP contribution in [-0.2, 0) is 11.3 Å². The molecule has 2 rings (SSSR count). The Morgan fingerprint density at radius 1 is 1.39 bits per heavy atom. The summed E-state index contributed by atoms with van der Waals surface area (Å²) in [4.78, 5) is 12.2. The summed E-state index contributed by atoms with van der Waals surface area (Å²) in [6.07, 6.45) is 2.07. The van der Waals surface area contributed by atoms with E-state index in [1.807, 2.05) is 33.8 Å². The average Bonchev–Trinajstić information content (AvgIpc) is 2.79. The Labute approximate surface area is 144 Å². The number of hydrogen-bond acceptors (Lipinski definition) is 3. The van der Waals surface area contributed by atoms with Crippen LogP contribution in [0.5, 0.6) is 5.75 Å². The number of aromatic hydroxyl groups is 1. The third-order valence-corrected chi connectivity index (χ3v) is 4.64. The lowest BCUT2D eigenvalue weighted by molar-refractivity contribution is -0.116. The number of halogens is 1. The monoisotopic (exact) mass is 379 g/mol. The molecule has 1 amide bonds. The van der Waals surface area contributed by atoms with E-state index < -0.39 is 0 Å². The van der Waals surface area contributed by atoms with Crippen LogP contribution in [-0.4, -0.2) is 20.8 Å². The highest BCUT2D eigenvalue weighted by Crippen LogP contribution is 2.31. The van der Waals surface area contributed by atoms with Crippen LogP contribution in [0, 0.1) is 13.8 Å². The molecule has 0 aliphatic rings. The van der Waals surface area contributed by atoms with E-state index in [2.05, 4.69) is 26.3 Å². The Hall–Kier alpha value is -1.82. The van der Waals surface area contributed by atoms with Gasteiger partial charge in [-0.25, -0.2) is 0 Å². The number of anilines is 1. The van der Waals surface area contributed by atoms with E-state index in [1.54, 1.807) is 16.9 Å². The second-order valence-electron chi connectivity index (χ2n) is 5.98. The fourth-order valence-corrected chi connectivity index (χ4v) is 2.67. The summed E-state index contributed by atoms with van der Waals surface area (Å²) in [6, 6.07) is 3.54. The van der Waals surface area contributed by atoms with E-state index in [-0.39, 0.29) is 17.6 Å². The van der Waals surface area contributed by atoms with Crippen LogP contribution < -0.4 is 5.32 Å². The standard InChI is InChI=1S/C17H22BrN3O2/c1-10(2)13-8-15(11(3)7-16(13)22)20-17(23)5-6-21-12(4)14(18)9-19-21/h7-10,22H,5-6H2,1-4H3,(H,20,23). The minimum absolute atomic E-state index is 0.0699. The van der Waals surface area contributed by atoms with Crippen molar-refractivity contribution in [3.05, 3.63) is 39.6 Å². The topological polar surface area (TPSA) is 67.2 Å². The van der Waals surface area contributed by atoms with Crippen molar-refractivity contribution in [2.24, 2.45) is 0 Å². The molecule has 0 saturated carbocycles. The maximum Gasteiger partial charge on any atom is 0.226 e. The molecule has 1 aromatic carbocycles. The minimum Gasteiger partial charge on any atom is -0.508 e. The first-order valence-corrected chi connectivity index (χ1v) is 8.40. The summed E-state index contributed by atoms with van der Waals surface area (Å²) in [5.41, 5.74) is 3.42. The van der Waals surface area contributed by atoms with Gasteiger partial charge in [0.05, 0.1) is 17.2 Å². The number of aryl methyl sites for hydroxylation is 2. The molecule has 6 heteroatoms. The van der Waals surface area contributed by atoms with E-state index in [0.717, 1.165) is 27.0 Å². The molecular weight excluding hydrogens is 358 g/mol. The second-order valence-corrected chi connectivity index (χ2v) is 6.83. The van der Waals surface area contributed by atoms with Gasteiger partial charge in [-0.3, -0.25) is 9.48 Å². The van der Waals surface area contributed by atoms with Gasteiger partial charge in [0.2, 0.25) is 5.91 Å². The number of carbonyl (C=O) groups is 1. The molecule has 0 atom stereocenters. The van der Waals surface area contributed by atoms with Crippen LogP contribution in [0.3, 0.4) is 0 Å². The Morgan fingerprint density at radius 3 is 2.65 bits per heavy atom. The number of nitrogens with zero attached hydrogens (tertiary/aromatic N) is 2. The van der Waals surface area contributed by atoms with Gasteiger partial charge < -0.3 is 10.4 Å². The van der Waals surface area contributed by atoms with Gasteiger partial charge in [0, 0.05) is 17.8 Å². The Morgan fingerprint density at radius 2 is 2.09 bits per heavy atom. The molecule has 0 radical (unpaired) electrons. The molecule has 5 nitrogen and oxygen atoms in total. The predicted molar refractivity (Wildman–Crippen MR) is 94.8 cm³/mol. The van der Waals surface area contributed by atoms with Gasteiger partial charge >= 0.3 is 0 Å². The van der Waals surface area contributed by atoms with E-state index >= 15 is 0 Å². The van der Waals surface area contributed by atoms with Crippen molar-refractivity contribution in [2.75, 3.05) is 5.32 Å². The lowest BCUT2D eigenvalue weighted by Crippen LogP contribution is -2.16. The van der Waals surface area contributed by atoms with Crippen molar-refractivity contribution < 1.29 is 9.90 Å². The predicted octanol–water partition coefficient (Wildman–Crippen LogP) is 4.12. The number of hydrogen-bond donors (Lipinski definition) is 2. The molecule has 0 fully saturated rings. The molecule has 124 valence electrons. The third-order valence-electron chi connectivity index (χ3n) is 3.86. The fraction of sp³-hybridized carbons (Fsp3) is 0.412. The van der Waals surface area contributed by atoms with Gasteiger partial charge in [-0.1, -0.05) is 13.8 Å². The molecule has 1 heterocycles. The fourth-order valence-electron chi connectivity index (χ4n) is 2.38. The highest BCUT2D eigenvalue weighted by molar-refractivity contribution is 9.10. The van der Waals surface area contributed by atoms with Crippen LogP contribution in [0.2, 0.25) is 0 Å². The molecule has 0 aliphatic heterocycles. The largest absolute Gasteiger partial charge is 0.508 e. The van der Waals surface area contributed by atoms with Gasteiger partial charge in [0.15, 0.2) is 0 Å². The summed E-state index contributed by atoms with van der Waals surface area (Å²) < 4.78 is 2.74. The first kappa shape index (κ1) is 17.5. The summed E-state index contributed by atoms with van der Waals surface area (Å²) in [5.74, 6) is 0.391. The number of nitrogens with one attached hydrogen (secondary N) is 1. The van der Waals surface area contributed by atoms with E-state index in [1.165, 1.54) is 0 Å².